The Morgan fingerprint density at radius 1 is 1.36 bits per heavy atom. The predicted molar refractivity (Wildman–Crippen MR) is 54.4 cm³/mol. The van der Waals surface area contributed by atoms with Gasteiger partial charge in [-0.3, -0.25) is 4.99 Å². The molecule has 1 nitrogen and oxygen atoms in total. The normalized spacial score (nSPS) is 10.0. The summed E-state index contributed by atoms with van der Waals surface area (Å²) in [4.78, 5) is 4.28. The Kier molecular flexibility index (Phi) is 14.4. The summed E-state index contributed by atoms with van der Waals surface area (Å²) in [5.74, 6) is 0. The molecule has 0 saturated carbocycles. The minimum Gasteiger partial charge on any atom is -0.290 e. The molecule has 0 fully saturated rings. The molecule has 0 aliphatic carbocycles. The molecule has 0 aliphatic rings. The molecule has 0 aliphatic heterocycles. The van der Waals surface area contributed by atoms with Gasteiger partial charge in [-0.1, -0.05) is 34.3 Å². The van der Waals surface area contributed by atoms with Crippen LogP contribution in [0.2, 0.25) is 0 Å². The molecule has 0 unspecified atom stereocenters. The number of hydrogen-bond acceptors (Lipinski definition) is 1. The fourth-order valence-electron chi connectivity index (χ4n) is 0.576. The summed E-state index contributed by atoms with van der Waals surface area (Å²) < 4.78 is 0. The van der Waals surface area contributed by atoms with Crippen LogP contribution in [0.25, 0.3) is 0 Å². The summed E-state index contributed by atoms with van der Waals surface area (Å²) in [5.41, 5.74) is 1.12. The quantitative estimate of drug-likeness (QED) is 0.551. The van der Waals surface area contributed by atoms with Crippen molar-refractivity contribution in [2.75, 3.05) is 6.54 Å². The van der Waals surface area contributed by atoms with Gasteiger partial charge in [0.05, 0.1) is 0 Å². The van der Waals surface area contributed by atoms with Crippen molar-refractivity contribution in [3.8, 4) is 0 Å². The van der Waals surface area contributed by atoms with E-state index < -0.39 is 0 Å². The highest BCUT2D eigenvalue weighted by Gasteiger charge is 1.84. The first kappa shape index (κ1) is 13.0. The van der Waals surface area contributed by atoms with Gasteiger partial charge in [0.1, 0.15) is 0 Å². The van der Waals surface area contributed by atoms with Gasteiger partial charge in [-0.15, -0.1) is 0 Å². The molecule has 0 radical (unpaired) electrons. The van der Waals surface area contributed by atoms with Crippen LogP contribution in [0.3, 0.4) is 0 Å². The third-order valence-electron chi connectivity index (χ3n) is 1.14. The van der Waals surface area contributed by atoms with Gasteiger partial charge in [-0.2, -0.15) is 0 Å². The Bertz CT molecular complexity index is 103. The maximum atomic E-state index is 4.28. The molecule has 0 atom stereocenters. The smallest absolute Gasteiger partial charge is 0.0389 e. The van der Waals surface area contributed by atoms with Crippen molar-refractivity contribution in [1.82, 2.24) is 0 Å². The molecule has 1 heteroatoms. The highest BCUT2D eigenvalue weighted by atomic mass is 14.7. The van der Waals surface area contributed by atoms with Crippen molar-refractivity contribution >= 4 is 5.71 Å². The van der Waals surface area contributed by atoms with Crippen LogP contribution in [0.4, 0.5) is 0 Å². The second-order valence-electron chi connectivity index (χ2n) is 1.93. The fourth-order valence-corrected chi connectivity index (χ4v) is 0.576. The van der Waals surface area contributed by atoms with Crippen LogP contribution in [0.1, 0.15) is 40.5 Å². The summed E-state index contributed by atoms with van der Waals surface area (Å²) in [6.45, 7) is 12.8. The van der Waals surface area contributed by atoms with Crippen LogP contribution in [0.15, 0.2) is 17.6 Å². The Morgan fingerprint density at radius 2 is 1.91 bits per heavy atom. The van der Waals surface area contributed by atoms with Gasteiger partial charge in [0.2, 0.25) is 0 Å². The Hall–Kier alpha value is -0.590. The van der Waals surface area contributed by atoms with E-state index in [4.69, 9.17) is 0 Å². The molecule has 0 rings (SSSR count). The fraction of sp³-hybridized carbons (Fsp3) is 0.700. The molecule has 11 heavy (non-hydrogen) atoms. The number of nitrogens with zero attached hydrogens (tertiary/aromatic N) is 1. The van der Waals surface area contributed by atoms with E-state index in [9.17, 15) is 0 Å². The summed E-state index contributed by atoms with van der Waals surface area (Å²) in [5, 5.41) is 0. The van der Waals surface area contributed by atoms with Gasteiger partial charge < -0.3 is 0 Å². The monoisotopic (exact) mass is 155 g/mol. The zero-order valence-corrected chi connectivity index (χ0v) is 8.35. The average Bonchev–Trinajstić information content (AvgIpc) is 2.10. The molecule has 0 heterocycles. The van der Waals surface area contributed by atoms with E-state index in [0.29, 0.717) is 0 Å². The molecular weight excluding hydrogens is 134 g/mol. The van der Waals surface area contributed by atoms with Crippen LogP contribution < -0.4 is 0 Å². The zero-order chi connectivity index (χ0) is 9.11. The van der Waals surface area contributed by atoms with E-state index in [0.717, 1.165) is 25.1 Å². The highest BCUT2D eigenvalue weighted by molar-refractivity contribution is 5.94. The Morgan fingerprint density at radius 3 is 2.18 bits per heavy atom. The third kappa shape index (κ3) is 9.41. The topological polar surface area (TPSA) is 12.4 Å². The van der Waals surface area contributed by atoms with Gasteiger partial charge in [0, 0.05) is 12.3 Å². The molecular formula is C10H21N. The summed E-state index contributed by atoms with van der Waals surface area (Å²) >= 11 is 0. The van der Waals surface area contributed by atoms with E-state index in [1.807, 2.05) is 19.9 Å². The summed E-state index contributed by atoms with van der Waals surface area (Å²) in [6, 6.07) is 0. The first-order valence-electron chi connectivity index (χ1n) is 4.50. The summed E-state index contributed by atoms with van der Waals surface area (Å²) in [6.07, 6.45) is 3.95. The van der Waals surface area contributed by atoms with Crippen LogP contribution in [-0.4, -0.2) is 12.3 Å². The SMILES string of the molecule is C=CC(CC)=NCCC.CC. The largest absolute Gasteiger partial charge is 0.290 e. The van der Waals surface area contributed by atoms with E-state index in [-0.39, 0.29) is 0 Å². The van der Waals surface area contributed by atoms with Crippen molar-refractivity contribution in [3.05, 3.63) is 12.7 Å². The van der Waals surface area contributed by atoms with Crippen molar-refractivity contribution in [3.63, 3.8) is 0 Å². The van der Waals surface area contributed by atoms with Crippen LogP contribution in [0, 0.1) is 0 Å². The molecule has 0 saturated heterocycles. The molecule has 0 aromatic rings. The van der Waals surface area contributed by atoms with Crippen molar-refractivity contribution in [1.29, 1.82) is 0 Å². The first-order valence-corrected chi connectivity index (χ1v) is 4.50. The molecule has 0 aromatic heterocycles. The minimum atomic E-state index is 0.940. The van der Waals surface area contributed by atoms with Gasteiger partial charge in [-0.05, 0) is 18.9 Å². The predicted octanol–water partition coefficient (Wildman–Crippen LogP) is 3.46. The number of rotatable bonds is 4. The second kappa shape index (κ2) is 12.1. The number of aliphatic imine (C=N–C) groups is 1. The maximum Gasteiger partial charge on any atom is 0.0389 e. The van der Waals surface area contributed by atoms with Gasteiger partial charge in [0.15, 0.2) is 0 Å². The van der Waals surface area contributed by atoms with E-state index >= 15 is 0 Å². The zero-order valence-electron chi connectivity index (χ0n) is 8.35. The van der Waals surface area contributed by atoms with Gasteiger partial charge >= 0.3 is 0 Å². The van der Waals surface area contributed by atoms with E-state index in [2.05, 4.69) is 25.4 Å². The Labute approximate surface area is 71.2 Å². The lowest BCUT2D eigenvalue weighted by Gasteiger charge is -1.92. The van der Waals surface area contributed by atoms with Crippen molar-refractivity contribution in [2.24, 2.45) is 4.99 Å². The van der Waals surface area contributed by atoms with Crippen LogP contribution >= 0.6 is 0 Å². The Balaban J connectivity index is 0. The van der Waals surface area contributed by atoms with Crippen molar-refractivity contribution in [2.45, 2.75) is 40.5 Å². The third-order valence-corrected chi connectivity index (χ3v) is 1.14. The lowest BCUT2D eigenvalue weighted by molar-refractivity contribution is 0.928. The molecule has 66 valence electrons. The molecule has 0 aromatic carbocycles. The number of hydrogen-bond donors (Lipinski definition) is 0. The maximum absolute atomic E-state index is 4.28. The molecule has 0 bridgehead atoms. The lowest BCUT2D eigenvalue weighted by atomic mass is 10.3. The average molecular weight is 155 g/mol. The standard InChI is InChI=1S/C8H15N.C2H6/c1-4-7-9-8(5-2)6-3;1-2/h5H,2,4,6-7H2,1,3H3;1-2H3. The first-order chi connectivity index (χ1) is 5.35. The van der Waals surface area contributed by atoms with E-state index in [1.165, 1.54) is 0 Å². The number of allylic oxidation sites excluding steroid dienone is 1. The van der Waals surface area contributed by atoms with Crippen molar-refractivity contribution < 1.29 is 0 Å². The van der Waals surface area contributed by atoms with Gasteiger partial charge in [-0.25, -0.2) is 0 Å². The lowest BCUT2D eigenvalue weighted by Crippen LogP contribution is -1.90. The molecule has 0 spiro atoms. The minimum absolute atomic E-state index is 0.940. The molecule has 0 amide bonds. The second-order valence-corrected chi connectivity index (χ2v) is 1.93. The highest BCUT2D eigenvalue weighted by Crippen LogP contribution is 1.88. The van der Waals surface area contributed by atoms with Crippen LogP contribution in [0.5, 0.6) is 0 Å². The van der Waals surface area contributed by atoms with Crippen LogP contribution in [-0.2, 0) is 0 Å². The summed E-state index contributed by atoms with van der Waals surface area (Å²) in [7, 11) is 0. The molecule has 0 N–H and O–H groups in total. The van der Waals surface area contributed by atoms with Gasteiger partial charge in [0.25, 0.3) is 0 Å². The van der Waals surface area contributed by atoms with E-state index in [1.54, 1.807) is 0 Å².